The maximum absolute atomic E-state index is 15.7. The number of morpholine rings is 1. The molecule has 6 rings (SSSR count). The highest BCUT2D eigenvalue weighted by Gasteiger charge is 2.34. The second-order valence-corrected chi connectivity index (χ2v) is 12.9. The third-order valence-corrected chi connectivity index (χ3v) is 9.80. The Hall–Kier alpha value is -4.14. The molecule has 1 atom stereocenters. The van der Waals surface area contributed by atoms with Crippen LogP contribution in [0.2, 0.25) is 10.0 Å². The van der Waals surface area contributed by atoms with Gasteiger partial charge in [0.15, 0.2) is 6.73 Å². The van der Waals surface area contributed by atoms with Crippen molar-refractivity contribution in [1.29, 1.82) is 0 Å². The van der Waals surface area contributed by atoms with Gasteiger partial charge in [-0.15, -0.1) is 0 Å². The van der Waals surface area contributed by atoms with Gasteiger partial charge in [-0.25, -0.2) is 9.18 Å². The molecule has 2 fully saturated rings. The first-order valence-corrected chi connectivity index (χ1v) is 16.9. The van der Waals surface area contributed by atoms with Crippen LogP contribution in [0.1, 0.15) is 26.3 Å². The van der Waals surface area contributed by atoms with Gasteiger partial charge in [-0.1, -0.05) is 41.4 Å². The number of hydrogen-bond acceptors (Lipinski definition) is 10. The zero-order valence-corrected chi connectivity index (χ0v) is 29.1. The van der Waals surface area contributed by atoms with E-state index in [-0.39, 0.29) is 46.6 Å². The minimum atomic E-state index is -0.943. The number of ether oxygens (including phenoxy) is 4. The molecule has 3 aliphatic heterocycles. The molecule has 266 valence electrons. The number of benzene rings is 3. The molecule has 3 heterocycles. The Morgan fingerprint density at radius 2 is 1.72 bits per heavy atom. The number of carboxylic acids is 1. The first-order valence-electron chi connectivity index (χ1n) is 16.1. The van der Waals surface area contributed by atoms with Crippen molar-refractivity contribution < 1.29 is 42.8 Å². The first kappa shape index (κ1) is 35.7. The van der Waals surface area contributed by atoms with E-state index >= 15 is 4.39 Å². The molecule has 15 heteroatoms. The normalized spacial score (nSPS) is 18.0. The van der Waals surface area contributed by atoms with Gasteiger partial charge in [0.05, 0.1) is 60.3 Å². The monoisotopic (exact) mass is 730 g/mol. The van der Waals surface area contributed by atoms with Crippen molar-refractivity contribution in [3.05, 3.63) is 75.0 Å². The van der Waals surface area contributed by atoms with Gasteiger partial charge in [0.2, 0.25) is 0 Å². The lowest BCUT2D eigenvalue weighted by Crippen LogP contribution is -2.57. The number of fused-ring (bicyclic) bond motifs is 1. The van der Waals surface area contributed by atoms with Crippen LogP contribution >= 0.6 is 23.2 Å². The Morgan fingerprint density at radius 3 is 2.40 bits per heavy atom. The third kappa shape index (κ3) is 7.19. The molecule has 3 aromatic carbocycles. The average molecular weight is 732 g/mol. The van der Waals surface area contributed by atoms with E-state index in [9.17, 15) is 19.5 Å². The smallest absolute Gasteiger partial charge is 0.340 e. The Labute approximate surface area is 298 Å². The summed E-state index contributed by atoms with van der Waals surface area (Å²) in [4.78, 5) is 45.6. The number of carboxylic acid groups (broad SMARTS) is 1. The zero-order valence-electron chi connectivity index (χ0n) is 27.6. The minimum absolute atomic E-state index is 0.0911. The Morgan fingerprint density at radius 1 is 0.980 bits per heavy atom. The summed E-state index contributed by atoms with van der Waals surface area (Å²) < 4.78 is 37.4. The van der Waals surface area contributed by atoms with Gasteiger partial charge < -0.3 is 38.8 Å². The molecular formula is C35H37Cl2FN4O8. The fourth-order valence-electron chi connectivity index (χ4n) is 6.59. The highest BCUT2D eigenvalue weighted by atomic mass is 35.5. The number of methoxy groups -OCH3 is 2. The van der Waals surface area contributed by atoms with E-state index in [1.807, 2.05) is 14.7 Å². The molecule has 12 nitrogen and oxygen atoms in total. The number of rotatable bonds is 9. The van der Waals surface area contributed by atoms with Crippen LogP contribution in [-0.4, -0.2) is 119 Å². The predicted molar refractivity (Wildman–Crippen MR) is 185 cm³/mol. The summed E-state index contributed by atoms with van der Waals surface area (Å²) in [6, 6.07) is 10.6. The summed E-state index contributed by atoms with van der Waals surface area (Å²) in [5, 5.41) is 10.1. The number of esters is 1. The predicted octanol–water partition coefficient (Wildman–Crippen LogP) is 4.64. The molecule has 1 N–H and O–H groups in total. The fourth-order valence-corrected chi connectivity index (χ4v) is 7.23. The summed E-state index contributed by atoms with van der Waals surface area (Å²) >= 11 is 13.4. The number of carbonyl (C=O) groups excluding carboxylic acids is 2. The number of piperazine rings is 1. The number of carbonyl (C=O) groups is 3. The van der Waals surface area contributed by atoms with Crippen molar-refractivity contribution in [2.24, 2.45) is 0 Å². The number of hydrogen-bond donors (Lipinski definition) is 1. The van der Waals surface area contributed by atoms with E-state index in [0.717, 1.165) is 0 Å². The average Bonchev–Trinajstić information content (AvgIpc) is 3.12. The van der Waals surface area contributed by atoms with Crippen molar-refractivity contribution in [1.82, 2.24) is 9.80 Å². The van der Waals surface area contributed by atoms with Crippen molar-refractivity contribution in [2.45, 2.75) is 12.6 Å². The van der Waals surface area contributed by atoms with Gasteiger partial charge in [0, 0.05) is 68.8 Å². The number of amides is 1. The van der Waals surface area contributed by atoms with Crippen LogP contribution in [0.3, 0.4) is 0 Å². The Kier molecular flexibility index (Phi) is 11.0. The number of halogens is 3. The second kappa shape index (κ2) is 15.4. The van der Waals surface area contributed by atoms with Gasteiger partial charge in [-0.05, 0) is 24.3 Å². The van der Waals surface area contributed by atoms with Crippen molar-refractivity contribution in [2.75, 3.05) is 89.8 Å². The van der Waals surface area contributed by atoms with Gasteiger partial charge in [0.1, 0.15) is 17.6 Å². The molecule has 0 bridgehead atoms. The van der Waals surface area contributed by atoms with Crippen LogP contribution in [0.15, 0.2) is 42.5 Å². The van der Waals surface area contributed by atoms with Crippen LogP contribution < -0.4 is 14.5 Å². The van der Waals surface area contributed by atoms with Crippen LogP contribution in [0.25, 0.3) is 11.1 Å². The summed E-state index contributed by atoms with van der Waals surface area (Å²) in [7, 11) is 2.83. The second-order valence-electron chi connectivity index (χ2n) is 12.1. The lowest BCUT2D eigenvalue weighted by molar-refractivity contribution is -0.143. The molecule has 2 saturated heterocycles. The molecule has 3 aliphatic rings. The number of nitrogens with zero attached hydrogens (tertiary/aromatic N) is 4. The molecule has 0 unspecified atom stereocenters. The van der Waals surface area contributed by atoms with Crippen molar-refractivity contribution in [3.8, 4) is 16.9 Å². The molecule has 0 radical (unpaired) electrons. The number of anilines is 2. The number of para-hydroxylation sites is 1. The maximum atomic E-state index is 15.7. The van der Waals surface area contributed by atoms with E-state index in [2.05, 4.69) is 0 Å². The van der Waals surface area contributed by atoms with Crippen LogP contribution in [-0.2, 0) is 25.5 Å². The summed E-state index contributed by atoms with van der Waals surface area (Å²) in [5.41, 5.74) is 2.69. The van der Waals surface area contributed by atoms with E-state index in [0.29, 0.717) is 80.8 Å². The molecule has 1 amide bonds. The van der Waals surface area contributed by atoms with Crippen LogP contribution in [0.4, 0.5) is 15.8 Å². The molecule has 0 spiro atoms. The van der Waals surface area contributed by atoms with Crippen LogP contribution in [0, 0.1) is 5.82 Å². The first-order chi connectivity index (χ1) is 24.1. The third-order valence-electron chi connectivity index (χ3n) is 9.21. The lowest BCUT2D eigenvalue weighted by Gasteiger charge is -2.40. The lowest BCUT2D eigenvalue weighted by atomic mass is 9.97. The minimum Gasteiger partial charge on any atom is -0.480 e. The van der Waals surface area contributed by atoms with Crippen LogP contribution in [0.5, 0.6) is 5.75 Å². The SMILES string of the molecule is COCCN1CCN(c2cc(Cl)c(C(=O)N3COc4c(cccc4-c4cc(N5CCOCC5)c(C(=O)OC)cc4F)C3)c(Cl)c2)C[C@@H]1C(=O)O. The molecule has 3 aromatic rings. The topological polar surface area (TPSA) is 121 Å². The molecule has 0 aromatic heterocycles. The van der Waals surface area contributed by atoms with Gasteiger partial charge in [-0.3, -0.25) is 14.5 Å². The van der Waals surface area contributed by atoms with E-state index in [4.69, 9.17) is 42.1 Å². The summed E-state index contributed by atoms with van der Waals surface area (Å²) in [6.45, 7) is 4.11. The maximum Gasteiger partial charge on any atom is 0.340 e. The zero-order chi connectivity index (χ0) is 35.5. The Bertz CT molecular complexity index is 1770. The van der Waals surface area contributed by atoms with Gasteiger partial charge in [0.25, 0.3) is 5.91 Å². The Balaban J connectivity index is 1.23. The van der Waals surface area contributed by atoms with Crippen molar-refractivity contribution >= 4 is 52.4 Å². The van der Waals surface area contributed by atoms with E-state index in [1.54, 1.807) is 43.5 Å². The highest BCUT2D eigenvalue weighted by Crippen LogP contribution is 2.41. The van der Waals surface area contributed by atoms with E-state index in [1.165, 1.54) is 18.1 Å². The molecule has 0 aliphatic carbocycles. The van der Waals surface area contributed by atoms with Gasteiger partial charge >= 0.3 is 11.9 Å². The number of aliphatic carboxylic acids is 1. The summed E-state index contributed by atoms with van der Waals surface area (Å²) in [6.07, 6.45) is 0. The van der Waals surface area contributed by atoms with Crippen molar-refractivity contribution in [3.63, 3.8) is 0 Å². The fraction of sp³-hybridized carbons (Fsp3) is 0.400. The quantitative estimate of drug-likeness (QED) is 0.310. The molecule has 50 heavy (non-hydrogen) atoms. The van der Waals surface area contributed by atoms with Gasteiger partial charge in [-0.2, -0.15) is 0 Å². The summed E-state index contributed by atoms with van der Waals surface area (Å²) in [5.74, 6) is -2.25. The molecular weight excluding hydrogens is 694 g/mol. The molecule has 0 saturated carbocycles. The standard InChI is InChI=1S/C35H37Cl2FN4O8/c1-47-11-8-39-6-7-41(19-30(39)34(44)45)22-14-26(36)31(27(37)15-22)33(43)42-18-21-4-3-5-23(32(21)50-20-42)24-17-29(40-9-12-49-13-10-40)25(16-28(24)38)35(46)48-2/h3-5,14-17,30H,6-13,18-20H2,1-2H3,(H,44,45)/t30-/m1/s1. The largest absolute Gasteiger partial charge is 0.480 e. The highest BCUT2D eigenvalue weighted by molar-refractivity contribution is 6.40. The van der Waals surface area contributed by atoms with E-state index < -0.39 is 29.7 Å².